The highest BCUT2D eigenvalue weighted by atomic mass is 35.5. The minimum absolute atomic E-state index is 0.200. The number of carboxylic acid groups (broad SMARTS) is 1. The number of benzene rings is 3. The van der Waals surface area contributed by atoms with Gasteiger partial charge in [-0.1, -0.05) is 41.9 Å². The topological polar surface area (TPSA) is 71.3 Å². The number of aryl methyl sites for hydroxylation is 1. The predicted octanol–water partition coefficient (Wildman–Crippen LogP) is 5.69. The van der Waals surface area contributed by atoms with Crippen molar-refractivity contribution >= 4 is 34.4 Å². The Labute approximate surface area is 184 Å². The van der Waals surface area contributed by atoms with E-state index in [1.165, 1.54) is 12.1 Å². The normalized spacial score (nSPS) is 12.0. The second-order valence-electron chi connectivity index (χ2n) is 7.46. The van der Waals surface area contributed by atoms with Crippen molar-refractivity contribution in [2.24, 2.45) is 7.05 Å². The standard InChI is InChI=1S/C25H21ClN2O3/c1-15(16-7-9-17(10-8-16)25(30)31)27-24(29)21-6-4-3-5-20(21)23-14-18-13-19(26)11-12-22(18)28(23)2/h3-15H,1-2H3,(H,27,29)(H,30,31)/t15-/m0/s1. The van der Waals surface area contributed by atoms with E-state index in [2.05, 4.69) is 5.32 Å². The summed E-state index contributed by atoms with van der Waals surface area (Å²) in [5.74, 6) is -1.18. The molecule has 0 saturated heterocycles. The number of carbonyl (C=O) groups excluding carboxylic acids is 1. The molecule has 4 aromatic rings. The van der Waals surface area contributed by atoms with Crippen LogP contribution >= 0.6 is 11.6 Å². The molecule has 2 N–H and O–H groups in total. The van der Waals surface area contributed by atoms with Crippen molar-refractivity contribution in [2.75, 3.05) is 0 Å². The highest BCUT2D eigenvalue weighted by molar-refractivity contribution is 6.31. The van der Waals surface area contributed by atoms with E-state index in [0.29, 0.717) is 10.6 Å². The Balaban J connectivity index is 1.65. The van der Waals surface area contributed by atoms with Gasteiger partial charge in [0.05, 0.1) is 11.6 Å². The molecule has 1 heterocycles. The first-order valence-corrected chi connectivity index (χ1v) is 10.2. The Morgan fingerprint density at radius 2 is 1.71 bits per heavy atom. The summed E-state index contributed by atoms with van der Waals surface area (Å²) in [7, 11) is 1.97. The van der Waals surface area contributed by atoms with Crippen molar-refractivity contribution in [1.29, 1.82) is 0 Å². The van der Waals surface area contributed by atoms with Crippen molar-refractivity contribution in [3.05, 3.63) is 94.5 Å². The van der Waals surface area contributed by atoms with Gasteiger partial charge in [0.15, 0.2) is 0 Å². The van der Waals surface area contributed by atoms with E-state index in [1.807, 2.05) is 61.0 Å². The highest BCUT2D eigenvalue weighted by Crippen LogP contribution is 2.31. The van der Waals surface area contributed by atoms with Crippen LogP contribution in [0.3, 0.4) is 0 Å². The molecule has 0 spiro atoms. The van der Waals surface area contributed by atoms with E-state index in [9.17, 15) is 9.59 Å². The van der Waals surface area contributed by atoms with Gasteiger partial charge >= 0.3 is 5.97 Å². The molecule has 3 aromatic carbocycles. The van der Waals surface area contributed by atoms with Gasteiger partial charge in [-0.25, -0.2) is 4.79 Å². The van der Waals surface area contributed by atoms with Gasteiger partial charge in [0.2, 0.25) is 0 Å². The number of rotatable bonds is 5. The number of hydrogen-bond donors (Lipinski definition) is 2. The van der Waals surface area contributed by atoms with E-state index in [0.717, 1.165) is 27.7 Å². The van der Waals surface area contributed by atoms with Gasteiger partial charge in [-0.15, -0.1) is 0 Å². The number of halogens is 1. The summed E-state index contributed by atoms with van der Waals surface area (Å²) in [4.78, 5) is 24.2. The number of aromatic carboxylic acids is 1. The summed E-state index contributed by atoms with van der Waals surface area (Å²) in [5, 5.41) is 13.7. The quantitative estimate of drug-likeness (QED) is 0.425. The fraction of sp³-hybridized carbons (Fsp3) is 0.120. The van der Waals surface area contributed by atoms with E-state index >= 15 is 0 Å². The second-order valence-corrected chi connectivity index (χ2v) is 7.90. The van der Waals surface area contributed by atoms with Crippen molar-refractivity contribution in [1.82, 2.24) is 9.88 Å². The van der Waals surface area contributed by atoms with Gasteiger partial charge < -0.3 is 15.0 Å². The Hall–Kier alpha value is -3.57. The molecule has 156 valence electrons. The van der Waals surface area contributed by atoms with Crippen LogP contribution in [0.1, 0.15) is 39.2 Å². The van der Waals surface area contributed by atoms with Crippen molar-refractivity contribution in [2.45, 2.75) is 13.0 Å². The van der Waals surface area contributed by atoms with Crippen molar-refractivity contribution in [3.63, 3.8) is 0 Å². The molecule has 0 saturated carbocycles. The number of aromatic nitrogens is 1. The molecule has 0 fully saturated rings. The molecule has 0 aliphatic heterocycles. The van der Waals surface area contributed by atoms with Crippen LogP contribution in [-0.2, 0) is 7.05 Å². The van der Waals surface area contributed by atoms with E-state index in [1.54, 1.807) is 18.2 Å². The second kappa shape index (κ2) is 8.28. The summed E-state index contributed by atoms with van der Waals surface area (Å²) in [5.41, 5.74) is 4.37. The lowest BCUT2D eigenvalue weighted by atomic mass is 10.0. The third kappa shape index (κ3) is 4.05. The summed E-state index contributed by atoms with van der Waals surface area (Å²) in [6.07, 6.45) is 0. The van der Waals surface area contributed by atoms with E-state index < -0.39 is 5.97 Å². The zero-order valence-electron chi connectivity index (χ0n) is 17.1. The van der Waals surface area contributed by atoms with Crippen LogP contribution in [0.5, 0.6) is 0 Å². The lowest BCUT2D eigenvalue weighted by Crippen LogP contribution is -2.27. The molecule has 0 aliphatic carbocycles. The number of carboxylic acids is 1. The molecule has 0 radical (unpaired) electrons. The number of fused-ring (bicyclic) bond motifs is 1. The smallest absolute Gasteiger partial charge is 0.335 e. The van der Waals surface area contributed by atoms with Gasteiger partial charge in [0.25, 0.3) is 5.91 Å². The van der Waals surface area contributed by atoms with Crippen LogP contribution in [0.2, 0.25) is 5.02 Å². The molecule has 6 heteroatoms. The van der Waals surface area contributed by atoms with Gasteiger partial charge in [0, 0.05) is 39.8 Å². The zero-order chi connectivity index (χ0) is 22.1. The average molecular weight is 433 g/mol. The molecule has 1 atom stereocenters. The molecule has 0 bridgehead atoms. The van der Waals surface area contributed by atoms with Gasteiger partial charge in [-0.05, 0) is 55.0 Å². The van der Waals surface area contributed by atoms with Gasteiger partial charge in [0.1, 0.15) is 0 Å². The van der Waals surface area contributed by atoms with Crippen LogP contribution in [-0.4, -0.2) is 21.6 Å². The summed E-state index contributed by atoms with van der Waals surface area (Å²) in [6, 6.07) is 21.5. The lowest BCUT2D eigenvalue weighted by molar-refractivity contribution is 0.0696. The third-order valence-corrected chi connectivity index (χ3v) is 5.69. The van der Waals surface area contributed by atoms with Gasteiger partial charge in [-0.3, -0.25) is 4.79 Å². The maximum atomic E-state index is 13.1. The molecule has 31 heavy (non-hydrogen) atoms. The number of nitrogens with one attached hydrogen (secondary N) is 1. The fourth-order valence-corrected chi connectivity index (χ4v) is 3.94. The van der Waals surface area contributed by atoms with E-state index in [-0.39, 0.29) is 17.5 Å². The monoisotopic (exact) mass is 432 g/mol. The third-order valence-electron chi connectivity index (χ3n) is 5.46. The molecular weight excluding hydrogens is 412 g/mol. The SMILES string of the molecule is C[C@H](NC(=O)c1ccccc1-c1cc2cc(Cl)ccc2n1C)c1ccc(C(=O)O)cc1. The fourth-order valence-electron chi connectivity index (χ4n) is 3.76. The summed E-state index contributed by atoms with van der Waals surface area (Å²) < 4.78 is 2.05. The summed E-state index contributed by atoms with van der Waals surface area (Å²) in [6.45, 7) is 1.87. The van der Waals surface area contributed by atoms with Crippen molar-refractivity contribution < 1.29 is 14.7 Å². The lowest BCUT2D eigenvalue weighted by Gasteiger charge is -2.17. The average Bonchev–Trinajstić information content (AvgIpc) is 3.09. The Kier molecular flexibility index (Phi) is 5.53. The number of carbonyl (C=O) groups is 2. The van der Waals surface area contributed by atoms with Crippen LogP contribution < -0.4 is 5.32 Å². The number of nitrogens with zero attached hydrogens (tertiary/aromatic N) is 1. The Morgan fingerprint density at radius 3 is 2.42 bits per heavy atom. The molecule has 0 unspecified atom stereocenters. The largest absolute Gasteiger partial charge is 0.478 e. The number of hydrogen-bond acceptors (Lipinski definition) is 2. The van der Waals surface area contributed by atoms with Crippen molar-refractivity contribution in [3.8, 4) is 11.3 Å². The zero-order valence-corrected chi connectivity index (χ0v) is 17.9. The summed E-state index contributed by atoms with van der Waals surface area (Å²) >= 11 is 6.14. The Morgan fingerprint density at radius 1 is 1.00 bits per heavy atom. The number of amides is 1. The predicted molar refractivity (Wildman–Crippen MR) is 123 cm³/mol. The maximum Gasteiger partial charge on any atom is 0.335 e. The first-order chi connectivity index (χ1) is 14.8. The maximum absolute atomic E-state index is 13.1. The van der Waals surface area contributed by atoms with E-state index in [4.69, 9.17) is 16.7 Å². The molecule has 1 aromatic heterocycles. The Bertz CT molecular complexity index is 1290. The van der Waals surface area contributed by atoms with Gasteiger partial charge in [-0.2, -0.15) is 0 Å². The minimum atomic E-state index is -0.978. The first-order valence-electron chi connectivity index (χ1n) is 9.83. The molecular formula is C25H21ClN2O3. The van der Waals surface area contributed by atoms with Crippen LogP contribution in [0, 0.1) is 0 Å². The molecule has 5 nitrogen and oxygen atoms in total. The molecule has 1 amide bonds. The van der Waals surface area contributed by atoms with Crippen LogP contribution in [0.15, 0.2) is 72.8 Å². The van der Waals surface area contributed by atoms with Crippen LogP contribution in [0.25, 0.3) is 22.2 Å². The highest BCUT2D eigenvalue weighted by Gasteiger charge is 2.18. The molecule has 0 aliphatic rings. The minimum Gasteiger partial charge on any atom is -0.478 e. The first kappa shape index (κ1) is 20.7. The van der Waals surface area contributed by atoms with Crippen LogP contribution in [0.4, 0.5) is 0 Å². The molecule has 4 rings (SSSR count).